The Morgan fingerprint density at radius 2 is 1.87 bits per heavy atom. The van der Waals surface area contributed by atoms with Crippen molar-refractivity contribution < 1.29 is 9.18 Å². The topological polar surface area (TPSA) is 36.4 Å². The van der Waals surface area contributed by atoms with Crippen molar-refractivity contribution in [1.82, 2.24) is 14.8 Å². The molecule has 0 aliphatic carbocycles. The van der Waals surface area contributed by atoms with E-state index in [1.807, 2.05) is 49.1 Å². The number of amides is 1. The van der Waals surface area contributed by atoms with Gasteiger partial charge in [-0.1, -0.05) is 43.6 Å². The van der Waals surface area contributed by atoms with Gasteiger partial charge in [-0.25, -0.2) is 4.39 Å². The van der Waals surface area contributed by atoms with Crippen molar-refractivity contribution >= 4 is 28.4 Å². The number of piperazine rings is 1. The second-order valence-corrected chi connectivity index (χ2v) is 8.50. The van der Waals surface area contributed by atoms with Crippen LogP contribution in [-0.4, -0.2) is 46.9 Å². The molecule has 1 aliphatic rings. The van der Waals surface area contributed by atoms with Gasteiger partial charge in [-0.3, -0.25) is 14.7 Å². The summed E-state index contributed by atoms with van der Waals surface area (Å²) in [5, 5.41) is 1.42. The number of benzene rings is 2. The van der Waals surface area contributed by atoms with Crippen LogP contribution in [-0.2, 0) is 11.3 Å². The summed E-state index contributed by atoms with van der Waals surface area (Å²) in [6.45, 7) is 7.59. The Hall–Kier alpha value is -2.50. The van der Waals surface area contributed by atoms with Crippen LogP contribution in [0.2, 0.25) is 5.02 Å². The predicted octanol–water partition coefficient (Wildman–Crippen LogP) is 4.99. The van der Waals surface area contributed by atoms with E-state index in [4.69, 9.17) is 11.6 Å². The molecule has 1 amide bonds. The number of halogens is 2. The number of carbonyl (C=O) groups excluding carboxylic acids is 1. The highest BCUT2D eigenvalue weighted by molar-refractivity contribution is 6.35. The van der Waals surface area contributed by atoms with Crippen molar-refractivity contribution in [2.24, 2.45) is 5.92 Å². The average Bonchev–Trinajstić information content (AvgIpc) is 2.74. The van der Waals surface area contributed by atoms with Crippen LogP contribution in [0.1, 0.15) is 19.4 Å². The molecule has 2 aromatic carbocycles. The number of rotatable bonds is 4. The second-order valence-electron chi connectivity index (χ2n) is 8.10. The summed E-state index contributed by atoms with van der Waals surface area (Å²) in [6, 6.07) is 12.8. The van der Waals surface area contributed by atoms with Crippen LogP contribution in [0.15, 0.2) is 48.7 Å². The summed E-state index contributed by atoms with van der Waals surface area (Å²) in [5.74, 6) is -0.0184. The van der Waals surface area contributed by atoms with Crippen LogP contribution in [0.3, 0.4) is 0 Å². The Bertz CT molecular complexity index is 1080. The van der Waals surface area contributed by atoms with Gasteiger partial charge in [-0.15, -0.1) is 0 Å². The summed E-state index contributed by atoms with van der Waals surface area (Å²) in [7, 11) is 0. The lowest BCUT2D eigenvalue weighted by Gasteiger charge is -2.35. The molecule has 1 aromatic heterocycles. The van der Waals surface area contributed by atoms with Crippen LogP contribution in [0.4, 0.5) is 4.39 Å². The predicted molar refractivity (Wildman–Crippen MR) is 119 cm³/mol. The van der Waals surface area contributed by atoms with Gasteiger partial charge in [0.25, 0.3) is 0 Å². The molecule has 4 nitrogen and oxygen atoms in total. The minimum atomic E-state index is -0.250. The maximum atomic E-state index is 14.9. The smallest absolute Gasteiger partial charge is 0.225 e. The quantitative estimate of drug-likeness (QED) is 0.590. The lowest BCUT2D eigenvalue weighted by atomic mass is 10.0. The summed E-state index contributed by atoms with van der Waals surface area (Å²) in [4.78, 5) is 20.6. The molecule has 0 spiro atoms. The second kappa shape index (κ2) is 8.70. The van der Waals surface area contributed by atoms with Gasteiger partial charge in [-0.2, -0.15) is 0 Å². The number of aromatic nitrogens is 1. The first-order valence-corrected chi connectivity index (χ1v) is 10.6. The van der Waals surface area contributed by atoms with E-state index in [9.17, 15) is 9.18 Å². The molecule has 156 valence electrons. The van der Waals surface area contributed by atoms with Crippen LogP contribution in [0.5, 0.6) is 0 Å². The first kappa shape index (κ1) is 20.8. The van der Waals surface area contributed by atoms with Gasteiger partial charge in [0, 0.05) is 55.8 Å². The summed E-state index contributed by atoms with van der Waals surface area (Å²) in [6.07, 6.45) is 1.66. The van der Waals surface area contributed by atoms with Gasteiger partial charge in [0.1, 0.15) is 5.82 Å². The Labute approximate surface area is 181 Å². The largest absolute Gasteiger partial charge is 0.340 e. The van der Waals surface area contributed by atoms with Crippen molar-refractivity contribution in [3.8, 4) is 11.1 Å². The molecule has 0 atom stereocenters. The van der Waals surface area contributed by atoms with Gasteiger partial charge in [0.05, 0.1) is 10.5 Å². The molecule has 0 N–H and O–H groups in total. The molecular weight excluding hydrogens is 401 g/mol. The minimum absolute atomic E-state index is 0.0268. The minimum Gasteiger partial charge on any atom is -0.340 e. The van der Waals surface area contributed by atoms with Crippen LogP contribution in [0.25, 0.3) is 22.0 Å². The normalized spacial score (nSPS) is 15.2. The molecule has 6 heteroatoms. The Balaban J connectivity index is 1.47. The zero-order valence-electron chi connectivity index (χ0n) is 17.2. The highest BCUT2D eigenvalue weighted by atomic mass is 35.5. The SMILES string of the molecule is CC(C)C(=O)N1CCN(Cc2ccc(-c3ccc4nccc(Cl)c4c3)c(F)c2)CC1. The van der Waals surface area contributed by atoms with Gasteiger partial charge in [0.2, 0.25) is 5.91 Å². The van der Waals surface area contributed by atoms with Crippen LogP contribution in [0, 0.1) is 11.7 Å². The number of hydrogen-bond donors (Lipinski definition) is 0. The van der Waals surface area contributed by atoms with Gasteiger partial charge in [-0.05, 0) is 35.4 Å². The van der Waals surface area contributed by atoms with Crippen LogP contribution >= 0.6 is 11.6 Å². The zero-order chi connectivity index (χ0) is 21.3. The van der Waals surface area contributed by atoms with Crippen molar-refractivity contribution in [3.63, 3.8) is 0 Å². The molecule has 0 radical (unpaired) electrons. The van der Waals surface area contributed by atoms with E-state index < -0.39 is 0 Å². The fraction of sp³-hybridized carbons (Fsp3) is 0.333. The van der Waals surface area contributed by atoms with Gasteiger partial charge < -0.3 is 4.90 Å². The fourth-order valence-corrected chi connectivity index (χ4v) is 4.13. The molecule has 30 heavy (non-hydrogen) atoms. The van der Waals surface area contributed by atoms with Crippen LogP contribution < -0.4 is 0 Å². The van der Waals surface area contributed by atoms with E-state index >= 15 is 0 Å². The maximum absolute atomic E-state index is 14.9. The number of fused-ring (bicyclic) bond motifs is 1. The Morgan fingerprint density at radius 3 is 2.57 bits per heavy atom. The molecule has 2 heterocycles. The number of hydrogen-bond acceptors (Lipinski definition) is 3. The third-order valence-corrected chi connectivity index (χ3v) is 5.95. The molecule has 3 aromatic rings. The van der Waals surface area contributed by atoms with E-state index in [-0.39, 0.29) is 17.6 Å². The van der Waals surface area contributed by atoms with Gasteiger partial charge in [0.15, 0.2) is 0 Å². The van der Waals surface area contributed by atoms with Crippen molar-refractivity contribution in [3.05, 3.63) is 65.1 Å². The van der Waals surface area contributed by atoms with E-state index in [0.717, 1.165) is 48.2 Å². The van der Waals surface area contributed by atoms with Crippen molar-refractivity contribution in [2.75, 3.05) is 26.2 Å². The van der Waals surface area contributed by atoms with E-state index in [2.05, 4.69) is 9.88 Å². The highest BCUT2D eigenvalue weighted by Gasteiger charge is 2.23. The molecule has 1 fully saturated rings. The lowest BCUT2D eigenvalue weighted by Crippen LogP contribution is -2.49. The lowest BCUT2D eigenvalue weighted by molar-refractivity contribution is -0.136. The summed E-state index contributed by atoms with van der Waals surface area (Å²) < 4.78 is 14.9. The number of pyridine rings is 1. The zero-order valence-corrected chi connectivity index (χ0v) is 18.0. The summed E-state index contributed by atoms with van der Waals surface area (Å²) in [5.41, 5.74) is 3.05. The van der Waals surface area contributed by atoms with Crippen molar-refractivity contribution in [2.45, 2.75) is 20.4 Å². The monoisotopic (exact) mass is 425 g/mol. The van der Waals surface area contributed by atoms with E-state index in [1.54, 1.807) is 18.3 Å². The standard InChI is InChI=1S/C24H25ClFN3O/c1-16(2)24(30)29-11-9-28(10-12-29)15-17-3-5-19(22(26)13-17)18-4-6-23-20(14-18)21(25)7-8-27-23/h3-8,13-14,16H,9-12,15H2,1-2H3. The van der Waals surface area contributed by atoms with Gasteiger partial charge >= 0.3 is 0 Å². The fourth-order valence-electron chi connectivity index (χ4n) is 3.92. The molecule has 0 bridgehead atoms. The molecule has 1 saturated heterocycles. The summed E-state index contributed by atoms with van der Waals surface area (Å²) >= 11 is 6.27. The molecule has 0 unspecified atom stereocenters. The van der Waals surface area contributed by atoms with E-state index in [0.29, 0.717) is 17.1 Å². The molecule has 4 rings (SSSR count). The molecule has 0 saturated carbocycles. The number of carbonyl (C=O) groups is 1. The molecular formula is C24H25ClFN3O. The average molecular weight is 426 g/mol. The Kier molecular flexibility index (Phi) is 6.02. The maximum Gasteiger partial charge on any atom is 0.225 e. The Morgan fingerprint density at radius 1 is 1.10 bits per heavy atom. The van der Waals surface area contributed by atoms with E-state index in [1.165, 1.54) is 0 Å². The number of nitrogens with zero attached hydrogens (tertiary/aromatic N) is 3. The van der Waals surface area contributed by atoms with Crippen molar-refractivity contribution in [1.29, 1.82) is 0 Å². The first-order valence-electron chi connectivity index (χ1n) is 10.3. The first-order chi connectivity index (χ1) is 14.4. The molecule has 1 aliphatic heterocycles. The third-order valence-electron chi connectivity index (χ3n) is 5.62. The third kappa shape index (κ3) is 4.32. The highest BCUT2D eigenvalue weighted by Crippen LogP contribution is 2.30.